The normalized spacial score (nSPS) is 12.7. The molecular weight excluding hydrogens is 443 g/mol. The zero-order valence-electron chi connectivity index (χ0n) is 15.4. The molecule has 10 heteroatoms. The highest BCUT2D eigenvalue weighted by molar-refractivity contribution is 14.0. The Morgan fingerprint density at radius 2 is 1.88 bits per heavy atom. The molecule has 1 heterocycles. The molecule has 24 heavy (non-hydrogen) atoms. The van der Waals surface area contributed by atoms with Crippen molar-refractivity contribution in [2.24, 2.45) is 12.0 Å². The standard InChI is InChI=1S/C14H28N6O2S.HI/c1-10-12(11(2)20(6)18-10)8-16-13(15-5)17-9-14(3,4)19-23(7,21)22;/h19H,8-9H2,1-7H3,(H2,15,16,17);1H. The Bertz CT molecular complexity index is 682. The van der Waals surface area contributed by atoms with Gasteiger partial charge in [0.05, 0.1) is 11.9 Å². The Hall–Kier alpha value is -0.880. The predicted molar refractivity (Wildman–Crippen MR) is 108 cm³/mol. The summed E-state index contributed by atoms with van der Waals surface area (Å²) in [4.78, 5) is 4.16. The molecule has 0 amide bonds. The second-order valence-electron chi connectivity index (χ2n) is 6.31. The van der Waals surface area contributed by atoms with Crippen LogP contribution in [0.4, 0.5) is 0 Å². The molecule has 0 aromatic carbocycles. The first-order chi connectivity index (χ1) is 10.4. The third-order valence-electron chi connectivity index (χ3n) is 3.47. The van der Waals surface area contributed by atoms with E-state index in [4.69, 9.17) is 0 Å². The van der Waals surface area contributed by atoms with Gasteiger partial charge in [0, 0.05) is 44.0 Å². The van der Waals surface area contributed by atoms with Crippen LogP contribution in [0.15, 0.2) is 4.99 Å². The van der Waals surface area contributed by atoms with Crippen LogP contribution in [-0.2, 0) is 23.6 Å². The average Bonchev–Trinajstić information content (AvgIpc) is 2.61. The number of hydrogen-bond acceptors (Lipinski definition) is 4. The molecule has 3 N–H and O–H groups in total. The van der Waals surface area contributed by atoms with Crippen molar-refractivity contribution < 1.29 is 8.42 Å². The first-order valence-corrected chi connectivity index (χ1v) is 9.27. The molecule has 0 unspecified atom stereocenters. The number of hydrogen-bond donors (Lipinski definition) is 3. The van der Waals surface area contributed by atoms with Crippen LogP contribution in [0.2, 0.25) is 0 Å². The maximum Gasteiger partial charge on any atom is 0.209 e. The highest BCUT2D eigenvalue weighted by atomic mass is 127. The predicted octanol–water partition coefficient (Wildman–Crippen LogP) is 0.648. The van der Waals surface area contributed by atoms with Crippen LogP contribution in [0, 0.1) is 13.8 Å². The van der Waals surface area contributed by atoms with Crippen molar-refractivity contribution in [3.8, 4) is 0 Å². The molecule has 0 atom stereocenters. The van der Waals surface area contributed by atoms with E-state index in [1.165, 1.54) is 0 Å². The first-order valence-electron chi connectivity index (χ1n) is 7.38. The van der Waals surface area contributed by atoms with Crippen LogP contribution in [0.5, 0.6) is 0 Å². The first kappa shape index (κ1) is 23.1. The van der Waals surface area contributed by atoms with Gasteiger partial charge in [-0.2, -0.15) is 5.10 Å². The summed E-state index contributed by atoms with van der Waals surface area (Å²) < 4.78 is 27.1. The molecule has 0 bridgehead atoms. The van der Waals surface area contributed by atoms with Gasteiger partial charge in [0.2, 0.25) is 10.0 Å². The van der Waals surface area contributed by atoms with E-state index in [0.717, 1.165) is 23.2 Å². The Balaban J connectivity index is 0.00000529. The van der Waals surface area contributed by atoms with Gasteiger partial charge < -0.3 is 10.6 Å². The lowest BCUT2D eigenvalue weighted by atomic mass is 10.1. The van der Waals surface area contributed by atoms with E-state index in [0.29, 0.717) is 19.0 Å². The van der Waals surface area contributed by atoms with Crippen molar-refractivity contribution in [1.82, 2.24) is 25.1 Å². The minimum atomic E-state index is -3.26. The number of rotatable bonds is 6. The number of nitrogens with one attached hydrogen (secondary N) is 3. The van der Waals surface area contributed by atoms with Gasteiger partial charge in [-0.15, -0.1) is 24.0 Å². The van der Waals surface area contributed by atoms with Crippen molar-refractivity contribution in [3.05, 3.63) is 17.0 Å². The fourth-order valence-corrected chi connectivity index (χ4v) is 3.38. The highest BCUT2D eigenvalue weighted by Gasteiger charge is 2.22. The topological polar surface area (TPSA) is 100 Å². The number of aliphatic imine (C=N–C) groups is 1. The molecule has 1 aromatic rings. The van der Waals surface area contributed by atoms with Crippen LogP contribution in [0.25, 0.3) is 0 Å². The van der Waals surface area contributed by atoms with Gasteiger partial charge in [-0.1, -0.05) is 0 Å². The number of aromatic nitrogens is 2. The van der Waals surface area contributed by atoms with Gasteiger partial charge in [-0.3, -0.25) is 9.67 Å². The average molecular weight is 472 g/mol. The van der Waals surface area contributed by atoms with E-state index >= 15 is 0 Å². The quantitative estimate of drug-likeness (QED) is 0.321. The SMILES string of the molecule is CN=C(NCc1c(C)nn(C)c1C)NCC(C)(C)NS(C)(=O)=O.I. The molecule has 140 valence electrons. The lowest BCUT2D eigenvalue weighted by Crippen LogP contribution is -2.52. The molecular formula is C14H29IN6O2S. The summed E-state index contributed by atoms with van der Waals surface area (Å²) in [6, 6.07) is 0. The van der Waals surface area contributed by atoms with Gasteiger partial charge >= 0.3 is 0 Å². The van der Waals surface area contributed by atoms with Crippen LogP contribution in [0.1, 0.15) is 30.8 Å². The zero-order valence-corrected chi connectivity index (χ0v) is 18.5. The summed E-state index contributed by atoms with van der Waals surface area (Å²) in [6.07, 6.45) is 1.15. The number of guanidine groups is 1. The Morgan fingerprint density at radius 1 is 1.29 bits per heavy atom. The Kier molecular flexibility index (Phi) is 8.67. The Morgan fingerprint density at radius 3 is 2.29 bits per heavy atom. The van der Waals surface area contributed by atoms with Gasteiger partial charge in [-0.05, 0) is 27.7 Å². The van der Waals surface area contributed by atoms with Gasteiger partial charge in [0.25, 0.3) is 0 Å². The van der Waals surface area contributed by atoms with E-state index in [1.54, 1.807) is 7.05 Å². The monoisotopic (exact) mass is 472 g/mol. The lowest BCUT2D eigenvalue weighted by molar-refractivity contribution is 0.446. The second kappa shape index (κ2) is 8.99. The maximum absolute atomic E-state index is 11.4. The summed E-state index contributed by atoms with van der Waals surface area (Å²) in [7, 11) is 0.329. The van der Waals surface area contributed by atoms with Crippen molar-refractivity contribution in [2.75, 3.05) is 19.8 Å². The molecule has 0 saturated carbocycles. The second-order valence-corrected chi connectivity index (χ2v) is 8.06. The summed E-state index contributed by atoms with van der Waals surface area (Å²) in [5, 5.41) is 10.7. The van der Waals surface area contributed by atoms with Crippen LogP contribution in [-0.4, -0.2) is 49.5 Å². The van der Waals surface area contributed by atoms with Crippen LogP contribution >= 0.6 is 24.0 Å². The van der Waals surface area contributed by atoms with E-state index in [1.807, 2.05) is 39.4 Å². The number of sulfonamides is 1. The molecule has 8 nitrogen and oxygen atoms in total. The van der Waals surface area contributed by atoms with Gasteiger partial charge in [0.1, 0.15) is 0 Å². The van der Waals surface area contributed by atoms with Crippen molar-refractivity contribution >= 4 is 40.0 Å². The van der Waals surface area contributed by atoms with Crippen LogP contribution < -0.4 is 15.4 Å². The number of aryl methyl sites for hydroxylation is 2. The summed E-state index contributed by atoms with van der Waals surface area (Å²) in [6.45, 7) is 8.62. The molecule has 0 spiro atoms. The minimum absolute atomic E-state index is 0. The fourth-order valence-electron chi connectivity index (χ4n) is 2.31. The Labute approximate surface area is 162 Å². The van der Waals surface area contributed by atoms with E-state index in [9.17, 15) is 8.42 Å². The molecule has 1 aromatic heterocycles. The molecule has 0 fully saturated rings. The summed E-state index contributed by atoms with van der Waals surface area (Å²) in [5.74, 6) is 0.607. The van der Waals surface area contributed by atoms with Gasteiger partial charge in [-0.25, -0.2) is 13.1 Å². The molecule has 0 aliphatic heterocycles. The van der Waals surface area contributed by atoms with Crippen molar-refractivity contribution in [1.29, 1.82) is 0 Å². The highest BCUT2D eigenvalue weighted by Crippen LogP contribution is 2.11. The lowest BCUT2D eigenvalue weighted by Gasteiger charge is -2.26. The largest absolute Gasteiger partial charge is 0.355 e. The summed E-state index contributed by atoms with van der Waals surface area (Å²) in [5.41, 5.74) is 2.59. The molecule has 0 radical (unpaired) electrons. The molecule has 0 aliphatic rings. The molecule has 1 rings (SSSR count). The zero-order chi connectivity index (χ0) is 17.8. The minimum Gasteiger partial charge on any atom is -0.355 e. The van der Waals surface area contributed by atoms with E-state index < -0.39 is 15.6 Å². The van der Waals surface area contributed by atoms with Crippen molar-refractivity contribution in [2.45, 2.75) is 39.8 Å². The molecule has 0 saturated heterocycles. The smallest absolute Gasteiger partial charge is 0.209 e. The summed E-state index contributed by atoms with van der Waals surface area (Å²) >= 11 is 0. The third kappa shape index (κ3) is 7.34. The van der Waals surface area contributed by atoms with Crippen molar-refractivity contribution in [3.63, 3.8) is 0 Å². The number of nitrogens with zero attached hydrogens (tertiary/aromatic N) is 3. The fraction of sp³-hybridized carbons (Fsp3) is 0.714. The van der Waals surface area contributed by atoms with E-state index in [2.05, 4.69) is 25.4 Å². The van der Waals surface area contributed by atoms with Gasteiger partial charge in [0.15, 0.2) is 5.96 Å². The maximum atomic E-state index is 11.4. The van der Waals surface area contributed by atoms with E-state index in [-0.39, 0.29) is 24.0 Å². The third-order valence-corrected chi connectivity index (χ3v) is 4.40. The van der Waals surface area contributed by atoms with Crippen LogP contribution in [0.3, 0.4) is 0 Å². The number of halogens is 1. The molecule has 0 aliphatic carbocycles.